The molecule has 0 aromatic heterocycles. The molecule has 0 bridgehead atoms. The predicted octanol–water partition coefficient (Wildman–Crippen LogP) is 3.22. The van der Waals surface area contributed by atoms with Crippen LogP contribution in [-0.2, 0) is 14.3 Å². The van der Waals surface area contributed by atoms with Crippen molar-refractivity contribution in [2.75, 3.05) is 26.2 Å². The fraction of sp³-hybridized carbons (Fsp3) is 0.957. The highest BCUT2D eigenvalue weighted by Crippen LogP contribution is 2.62. The van der Waals surface area contributed by atoms with Crippen molar-refractivity contribution >= 4 is 5.97 Å². The van der Waals surface area contributed by atoms with Crippen molar-refractivity contribution in [3.63, 3.8) is 0 Å². The van der Waals surface area contributed by atoms with Gasteiger partial charge in [0.05, 0.1) is 18.1 Å². The predicted molar refractivity (Wildman–Crippen MR) is 110 cm³/mol. The summed E-state index contributed by atoms with van der Waals surface area (Å²) in [5.41, 5.74) is 0.421. The molecular formula is C23H40N2O3. The average molecular weight is 393 g/mol. The van der Waals surface area contributed by atoms with Crippen molar-refractivity contribution in [2.24, 2.45) is 23.2 Å². The molecule has 160 valence electrons. The van der Waals surface area contributed by atoms with Gasteiger partial charge < -0.3 is 14.8 Å². The lowest BCUT2D eigenvalue weighted by molar-refractivity contribution is -0.147. The average Bonchev–Trinajstić information content (AvgIpc) is 3.30. The van der Waals surface area contributed by atoms with Crippen LogP contribution in [0.25, 0.3) is 0 Å². The number of carbonyl (C=O) groups excluding carboxylic acids is 1. The van der Waals surface area contributed by atoms with Crippen LogP contribution in [0.15, 0.2) is 0 Å². The molecule has 2 saturated heterocycles. The van der Waals surface area contributed by atoms with Gasteiger partial charge in [-0.2, -0.15) is 0 Å². The molecule has 2 aliphatic heterocycles. The number of nitrogens with one attached hydrogen (secondary N) is 1. The third kappa shape index (κ3) is 3.63. The second kappa shape index (κ2) is 7.55. The minimum absolute atomic E-state index is 0.0128. The summed E-state index contributed by atoms with van der Waals surface area (Å²) < 4.78 is 11.9. The van der Waals surface area contributed by atoms with Crippen LogP contribution in [0.2, 0.25) is 0 Å². The number of rotatable bonds is 7. The van der Waals surface area contributed by atoms with Crippen LogP contribution < -0.4 is 5.32 Å². The molecule has 2 heterocycles. The minimum atomic E-state index is 0.0128. The van der Waals surface area contributed by atoms with E-state index in [4.69, 9.17) is 9.47 Å². The molecule has 0 aromatic rings. The van der Waals surface area contributed by atoms with E-state index in [1.54, 1.807) is 0 Å². The molecule has 0 unspecified atom stereocenters. The van der Waals surface area contributed by atoms with E-state index in [2.05, 4.69) is 44.8 Å². The molecular weight excluding hydrogens is 352 g/mol. The lowest BCUT2D eigenvalue weighted by atomic mass is 9.53. The van der Waals surface area contributed by atoms with Crippen molar-refractivity contribution in [3.8, 4) is 0 Å². The summed E-state index contributed by atoms with van der Waals surface area (Å²) >= 11 is 0. The van der Waals surface area contributed by atoms with E-state index in [1.165, 1.54) is 19.3 Å². The maximum atomic E-state index is 12.7. The van der Waals surface area contributed by atoms with E-state index in [-0.39, 0.29) is 29.0 Å². The lowest BCUT2D eigenvalue weighted by Gasteiger charge is -2.51. The number of nitrogens with zero attached hydrogens (tertiary/aromatic N) is 1. The van der Waals surface area contributed by atoms with Crippen molar-refractivity contribution in [3.05, 3.63) is 0 Å². The molecule has 2 aliphatic carbocycles. The molecule has 0 aromatic carbocycles. The SMILES string of the molecule is CC(C)N(CCNC[C@@H]1C(=O)O[C@@H]2C[C@@]3(C)CCC[C@]4(CO4)[C@@H]3C[C@H]12)C(C)C. The summed E-state index contributed by atoms with van der Waals surface area (Å²) in [5.74, 6) is 1.01. The molecule has 6 atom stereocenters. The van der Waals surface area contributed by atoms with E-state index in [0.29, 0.717) is 23.9 Å². The van der Waals surface area contributed by atoms with Gasteiger partial charge in [0, 0.05) is 37.6 Å². The van der Waals surface area contributed by atoms with Crippen LogP contribution in [0.5, 0.6) is 0 Å². The normalized spacial score (nSPS) is 42.2. The summed E-state index contributed by atoms with van der Waals surface area (Å²) in [4.78, 5) is 15.2. The highest BCUT2D eigenvalue weighted by atomic mass is 16.6. The second-order valence-electron chi connectivity index (χ2n) is 10.7. The van der Waals surface area contributed by atoms with Gasteiger partial charge in [-0.25, -0.2) is 0 Å². The van der Waals surface area contributed by atoms with Gasteiger partial charge in [-0.3, -0.25) is 9.69 Å². The van der Waals surface area contributed by atoms with Gasteiger partial charge in [0.1, 0.15) is 6.10 Å². The van der Waals surface area contributed by atoms with Gasteiger partial charge in [-0.05, 0) is 71.1 Å². The standard InChI is InChI=1S/C23H40N2O3/c1-15(2)25(16(3)4)10-9-24-13-18-17-11-20-22(5,12-19(17)28-21(18)26)7-6-8-23(20)14-27-23/h15-20,24H,6-14H2,1-5H3/t17-,18+,19-,20-,22-,23+/m1/s1. The summed E-state index contributed by atoms with van der Waals surface area (Å²) in [6.45, 7) is 15.0. The van der Waals surface area contributed by atoms with Crippen LogP contribution in [0.4, 0.5) is 0 Å². The molecule has 1 N–H and O–H groups in total. The van der Waals surface area contributed by atoms with E-state index >= 15 is 0 Å². The Hall–Kier alpha value is -0.650. The highest BCUT2D eigenvalue weighted by Gasteiger charge is 2.64. The first-order valence-corrected chi connectivity index (χ1v) is 11.6. The Bertz CT molecular complexity index is 580. The fourth-order valence-electron chi connectivity index (χ4n) is 6.77. The summed E-state index contributed by atoms with van der Waals surface area (Å²) in [7, 11) is 0. The maximum absolute atomic E-state index is 12.7. The molecule has 5 heteroatoms. The van der Waals surface area contributed by atoms with Gasteiger partial charge >= 0.3 is 5.97 Å². The zero-order chi connectivity index (χ0) is 20.1. The van der Waals surface area contributed by atoms with Crippen molar-refractivity contribution in [2.45, 2.75) is 90.5 Å². The van der Waals surface area contributed by atoms with Gasteiger partial charge in [0.25, 0.3) is 0 Å². The first-order valence-electron chi connectivity index (χ1n) is 11.6. The van der Waals surface area contributed by atoms with Crippen LogP contribution in [-0.4, -0.2) is 60.9 Å². The maximum Gasteiger partial charge on any atom is 0.310 e. The van der Waals surface area contributed by atoms with E-state index in [0.717, 1.165) is 39.1 Å². The van der Waals surface area contributed by atoms with Crippen molar-refractivity contribution in [1.29, 1.82) is 0 Å². The first kappa shape index (κ1) is 20.6. The molecule has 4 rings (SSSR count). The van der Waals surface area contributed by atoms with Gasteiger partial charge in [-0.15, -0.1) is 0 Å². The highest BCUT2D eigenvalue weighted by molar-refractivity contribution is 5.75. The summed E-state index contributed by atoms with van der Waals surface area (Å²) in [5, 5.41) is 3.58. The van der Waals surface area contributed by atoms with Crippen molar-refractivity contribution < 1.29 is 14.3 Å². The lowest BCUT2D eigenvalue weighted by Crippen LogP contribution is -2.51. The Labute approximate surface area is 170 Å². The van der Waals surface area contributed by atoms with Gasteiger partial charge in [-0.1, -0.05) is 6.92 Å². The molecule has 1 spiro atoms. The topological polar surface area (TPSA) is 54.1 Å². The largest absolute Gasteiger partial charge is 0.462 e. The minimum Gasteiger partial charge on any atom is -0.462 e. The Morgan fingerprint density at radius 3 is 2.57 bits per heavy atom. The molecule has 0 amide bonds. The van der Waals surface area contributed by atoms with Gasteiger partial charge in [0.15, 0.2) is 0 Å². The van der Waals surface area contributed by atoms with Crippen LogP contribution >= 0.6 is 0 Å². The quantitative estimate of drug-likeness (QED) is 0.410. The monoisotopic (exact) mass is 392 g/mol. The Balaban J connectivity index is 1.35. The Morgan fingerprint density at radius 2 is 1.93 bits per heavy atom. The third-order valence-electron chi connectivity index (χ3n) is 8.32. The number of hydrogen-bond acceptors (Lipinski definition) is 5. The third-order valence-corrected chi connectivity index (χ3v) is 8.32. The number of ether oxygens (including phenoxy) is 2. The van der Waals surface area contributed by atoms with Crippen LogP contribution in [0, 0.1) is 23.2 Å². The fourth-order valence-corrected chi connectivity index (χ4v) is 6.77. The molecule has 2 saturated carbocycles. The Kier molecular flexibility index (Phi) is 5.56. The number of hydrogen-bond donors (Lipinski definition) is 1. The van der Waals surface area contributed by atoms with Crippen LogP contribution in [0.1, 0.15) is 66.7 Å². The molecule has 4 fully saturated rings. The molecule has 4 aliphatic rings. The summed E-state index contributed by atoms with van der Waals surface area (Å²) in [6, 6.07) is 1.08. The van der Waals surface area contributed by atoms with Crippen LogP contribution in [0.3, 0.4) is 0 Å². The Morgan fingerprint density at radius 1 is 1.21 bits per heavy atom. The first-order chi connectivity index (χ1) is 13.3. The van der Waals surface area contributed by atoms with E-state index < -0.39 is 0 Å². The number of esters is 1. The zero-order valence-corrected chi connectivity index (χ0v) is 18.5. The van der Waals surface area contributed by atoms with E-state index in [1.807, 2.05) is 0 Å². The van der Waals surface area contributed by atoms with Crippen molar-refractivity contribution in [1.82, 2.24) is 10.2 Å². The molecule has 5 nitrogen and oxygen atoms in total. The molecule has 0 radical (unpaired) electrons. The number of carbonyl (C=O) groups is 1. The van der Waals surface area contributed by atoms with E-state index in [9.17, 15) is 4.79 Å². The second-order valence-corrected chi connectivity index (χ2v) is 10.7. The number of epoxide rings is 1. The smallest absolute Gasteiger partial charge is 0.310 e. The zero-order valence-electron chi connectivity index (χ0n) is 18.5. The van der Waals surface area contributed by atoms with Gasteiger partial charge in [0.2, 0.25) is 0 Å². The number of fused-ring (bicyclic) bond motifs is 3. The molecule has 28 heavy (non-hydrogen) atoms. The summed E-state index contributed by atoms with van der Waals surface area (Å²) in [6.07, 6.45) is 5.98.